The molecule has 0 aliphatic carbocycles. The lowest BCUT2D eigenvalue weighted by molar-refractivity contribution is 0.0254. The van der Waals surface area contributed by atoms with E-state index in [-0.39, 0.29) is 12.1 Å². The van der Waals surface area contributed by atoms with Crippen LogP contribution in [0.3, 0.4) is 0 Å². The number of nitrogens with two attached hydrogens (primary N) is 1. The zero-order valence-electron chi connectivity index (χ0n) is 13.6. The van der Waals surface area contributed by atoms with Gasteiger partial charge in [-0.2, -0.15) is 0 Å². The Morgan fingerprint density at radius 2 is 1.71 bits per heavy atom. The fraction of sp³-hybridized carbons (Fsp3) is 0.647. The van der Waals surface area contributed by atoms with Crippen molar-refractivity contribution < 1.29 is 0 Å². The van der Waals surface area contributed by atoms with Crippen molar-refractivity contribution in [2.45, 2.75) is 51.4 Å². The van der Waals surface area contributed by atoms with Crippen LogP contribution in [0, 0.1) is 0 Å². The van der Waals surface area contributed by atoms with E-state index in [2.05, 4.69) is 49.8 Å². The zero-order chi connectivity index (χ0) is 15.6. The molecule has 0 aromatic heterocycles. The molecule has 0 spiro atoms. The van der Waals surface area contributed by atoms with E-state index in [1.165, 1.54) is 5.56 Å². The predicted octanol–water partition coefficient (Wildman–Crippen LogP) is 3.14. The Hall–Kier alpha value is -0.610. The summed E-state index contributed by atoms with van der Waals surface area (Å²) in [7, 11) is 2.21. The second kappa shape index (κ2) is 7.10. The number of nitrogens with zero attached hydrogens (tertiary/aromatic N) is 2. The molecule has 4 atom stereocenters. The number of likely N-dealkylation sites (N-methyl/N-ethyl adjacent to an activating group) is 1. The topological polar surface area (TPSA) is 32.5 Å². The van der Waals surface area contributed by atoms with Crippen molar-refractivity contribution >= 4 is 11.6 Å². The van der Waals surface area contributed by atoms with Crippen molar-refractivity contribution in [3.8, 4) is 0 Å². The van der Waals surface area contributed by atoms with Crippen LogP contribution in [0.1, 0.15) is 38.8 Å². The molecule has 2 rings (SSSR count). The molecule has 21 heavy (non-hydrogen) atoms. The molecular formula is C17H28ClN3. The van der Waals surface area contributed by atoms with Gasteiger partial charge in [0, 0.05) is 42.3 Å². The molecule has 1 fully saturated rings. The van der Waals surface area contributed by atoms with Gasteiger partial charge in [0.25, 0.3) is 0 Å². The first kappa shape index (κ1) is 16.8. The average Bonchev–Trinajstić information content (AvgIpc) is 2.46. The van der Waals surface area contributed by atoms with Crippen molar-refractivity contribution in [1.29, 1.82) is 0 Å². The number of piperazine rings is 1. The van der Waals surface area contributed by atoms with E-state index in [1.54, 1.807) is 0 Å². The number of rotatable bonds is 4. The maximum Gasteiger partial charge on any atom is 0.0500 e. The third-order valence-corrected chi connectivity index (χ3v) is 5.12. The van der Waals surface area contributed by atoms with Crippen LogP contribution < -0.4 is 5.73 Å². The molecule has 2 N–H and O–H groups in total. The Morgan fingerprint density at radius 1 is 1.19 bits per heavy atom. The second-order valence-corrected chi connectivity index (χ2v) is 6.82. The Morgan fingerprint density at radius 3 is 2.19 bits per heavy atom. The van der Waals surface area contributed by atoms with Crippen LogP contribution in [0.25, 0.3) is 0 Å². The summed E-state index contributed by atoms with van der Waals surface area (Å²) in [5.74, 6) is 0. The Balaban J connectivity index is 2.26. The maximum absolute atomic E-state index is 6.46. The van der Waals surface area contributed by atoms with Gasteiger partial charge in [0.15, 0.2) is 0 Å². The summed E-state index contributed by atoms with van der Waals surface area (Å²) in [4.78, 5) is 5.00. The quantitative estimate of drug-likeness (QED) is 0.927. The second-order valence-electron chi connectivity index (χ2n) is 6.39. The Labute approximate surface area is 134 Å². The lowest BCUT2D eigenvalue weighted by atomic mass is 9.94. The number of benzene rings is 1. The summed E-state index contributed by atoms with van der Waals surface area (Å²) in [6, 6.07) is 9.69. The smallest absolute Gasteiger partial charge is 0.0500 e. The molecule has 4 heteroatoms. The molecule has 1 aromatic rings. The van der Waals surface area contributed by atoms with Gasteiger partial charge in [-0.1, -0.05) is 30.7 Å². The average molecular weight is 310 g/mol. The van der Waals surface area contributed by atoms with E-state index < -0.39 is 0 Å². The van der Waals surface area contributed by atoms with Gasteiger partial charge in [0.1, 0.15) is 0 Å². The van der Waals surface area contributed by atoms with Crippen molar-refractivity contribution in [1.82, 2.24) is 9.80 Å². The summed E-state index contributed by atoms with van der Waals surface area (Å²) in [5.41, 5.74) is 7.73. The summed E-state index contributed by atoms with van der Waals surface area (Å²) in [5, 5.41) is 0.780. The Kier molecular flexibility index (Phi) is 5.67. The van der Waals surface area contributed by atoms with Crippen molar-refractivity contribution in [3.63, 3.8) is 0 Å². The largest absolute Gasteiger partial charge is 0.326 e. The van der Waals surface area contributed by atoms with E-state index in [0.717, 1.165) is 24.5 Å². The van der Waals surface area contributed by atoms with E-state index in [1.807, 2.05) is 12.1 Å². The van der Waals surface area contributed by atoms with Crippen molar-refractivity contribution in [2.75, 3.05) is 20.1 Å². The number of halogens is 1. The molecule has 0 amide bonds. The molecule has 1 heterocycles. The van der Waals surface area contributed by atoms with Crippen LogP contribution in [0.2, 0.25) is 5.02 Å². The predicted molar refractivity (Wildman–Crippen MR) is 90.7 cm³/mol. The summed E-state index contributed by atoms with van der Waals surface area (Å²) in [6.45, 7) is 8.86. The van der Waals surface area contributed by atoms with Gasteiger partial charge in [-0.05, 0) is 45.0 Å². The molecule has 0 bridgehead atoms. The van der Waals surface area contributed by atoms with Crippen molar-refractivity contribution in [2.24, 2.45) is 5.73 Å². The van der Waals surface area contributed by atoms with Crippen LogP contribution >= 0.6 is 11.6 Å². The first-order chi connectivity index (χ1) is 9.93. The zero-order valence-corrected chi connectivity index (χ0v) is 14.3. The fourth-order valence-electron chi connectivity index (χ4n) is 3.28. The third-order valence-electron chi connectivity index (χ3n) is 4.87. The fourth-order valence-corrected chi connectivity index (χ4v) is 3.41. The van der Waals surface area contributed by atoms with Crippen LogP contribution in [-0.4, -0.2) is 48.1 Å². The molecule has 1 saturated heterocycles. The van der Waals surface area contributed by atoms with E-state index >= 15 is 0 Å². The monoisotopic (exact) mass is 309 g/mol. The molecule has 1 aliphatic rings. The van der Waals surface area contributed by atoms with Crippen LogP contribution in [-0.2, 0) is 0 Å². The van der Waals surface area contributed by atoms with Gasteiger partial charge in [0.05, 0.1) is 0 Å². The minimum Gasteiger partial charge on any atom is -0.326 e. The highest BCUT2D eigenvalue weighted by molar-refractivity contribution is 6.30. The first-order valence-electron chi connectivity index (χ1n) is 7.91. The van der Waals surface area contributed by atoms with Gasteiger partial charge in [-0.15, -0.1) is 0 Å². The third kappa shape index (κ3) is 3.78. The molecule has 118 valence electrons. The first-order valence-corrected chi connectivity index (χ1v) is 8.28. The van der Waals surface area contributed by atoms with Crippen LogP contribution in [0.15, 0.2) is 24.3 Å². The van der Waals surface area contributed by atoms with Gasteiger partial charge >= 0.3 is 0 Å². The molecule has 1 aliphatic heterocycles. The highest BCUT2D eigenvalue weighted by Gasteiger charge is 2.33. The maximum atomic E-state index is 6.46. The van der Waals surface area contributed by atoms with E-state index in [0.29, 0.717) is 12.1 Å². The number of hydrogen-bond donors (Lipinski definition) is 1. The van der Waals surface area contributed by atoms with Gasteiger partial charge < -0.3 is 5.73 Å². The molecule has 3 nitrogen and oxygen atoms in total. The van der Waals surface area contributed by atoms with E-state index in [4.69, 9.17) is 17.3 Å². The minimum absolute atomic E-state index is 0.147. The highest BCUT2D eigenvalue weighted by Crippen LogP contribution is 2.29. The standard InChI is InChI=1S/C17H28ClN3/c1-5-16(19)17(14-6-8-15(18)9-7-14)21-10-12(2)20(4)13(3)11-21/h6-9,12-13,16-17H,5,10-11,19H2,1-4H3. The van der Waals surface area contributed by atoms with Gasteiger partial charge in [-0.3, -0.25) is 9.80 Å². The van der Waals surface area contributed by atoms with E-state index in [9.17, 15) is 0 Å². The molecule has 1 aromatic carbocycles. The van der Waals surface area contributed by atoms with Crippen LogP contribution in [0.5, 0.6) is 0 Å². The summed E-state index contributed by atoms with van der Waals surface area (Å²) >= 11 is 6.03. The summed E-state index contributed by atoms with van der Waals surface area (Å²) in [6.07, 6.45) is 0.975. The SMILES string of the molecule is CCC(N)C(c1ccc(Cl)cc1)N1CC(C)N(C)C(C)C1. The summed E-state index contributed by atoms with van der Waals surface area (Å²) < 4.78 is 0. The van der Waals surface area contributed by atoms with Gasteiger partial charge in [0.2, 0.25) is 0 Å². The molecule has 0 radical (unpaired) electrons. The van der Waals surface area contributed by atoms with Gasteiger partial charge in [-0.25, -0.2) is 0 Å². The lowest BCUT2D eigenvalue weighted by Gasteiger charge is -2.47. The molecule has 4 unspecified atom stereocenters. The highest BCUT2D eigenvalue weighted by atomic mass is 35.5. The van der Waals surface area contributed by atoms with Crippen molar-refractivity contribution in [3.05, 3.63) is 34.9 Å². The molecule has 0 saturated carbocycles. The van der Waals surface area contributed by atoms with Crippen LogP contribution in [0.4, 0.5) is 0 Å². The minimum atomic E-state index is 0.147. The Bertz CT molecular complexity index is 436. The molecular weight excluding hydrogens is 282 g/mol. The lowest BCUT2D eigenvalue weighted by Crippen LogP contribution is -2.57. The normalized spacial score (nSPS) is 27.5. The number of hydrogen-bond acceptors (Lipinski definition) is 3.